The fraction of sp³-hybridized carbons (Fsp3) is 0.0968. The molecule has 0 unspecified atom stereocenters. The Morgan fingerprint density at radius 2 is 0.778 bits per heavy atom. The van der Waals surface area contributed by atoms with Crippen molar-refractivity contribution in [1.29, 1.82) is 0 Å². The minimum atomic E-state index is -0.284. The monoisotopic (exact) mass is 804 g/mol. The summed E-state index contributed by atoms with van der Waals surface area (Å²) in [4.78, 5) is 0. The molecule has 13 rings (SSSR count). The summed E-state index contributed by atoms with van der Waals surface area (Å²) in [5.41, 5.74) is 22.1. The molecule has 298 valence electrons. The van der Waals surface area contributed by atoms with Crippen molar-refractivity contribution >= 4 is 43.5 Å². The third kappa shape index (κ3) is 4.99. The summed E-state index contributed by atoms with van der Waals surface area (Å²) in [5.74, 6) is 0. The van der Waals surface area contributed by atoms with Gasteiger partial charge in [0.05, 0.1) is 0 Å². The highest BCUT2D eigenvalue weighted by Gasteiger charge is 2.48. The zero-order valence-corrected chi connectivity index (χ0v) is 35.9. The van der Waals surface area contributed by atoms with Crippen LogP contribution in [0.5, 0.6) is 0 Å². The van der Waals surface area contributed by atoms with Gasteiger partial charge in [0.2, 0.25) is 0 Å². The van der Waals surface area contributed by atoms with E-state index in [2.05, 4.69) is 222 Å². The second-order valence-corrected chi connectivity index (χ2v) is 18.7. The van der Waals surface area contributed by atoms with Crippen LogP contribution in [0.25, 0.3) is 110 Å². The van der Waals surface area contributed by atoms with E-state index < -0.39 is 0 Å². The van der Waals surface area contributed by atoms with Gasteiger partial charge in [0, 0.05) is 27.2 Å². The van der Waals surface area contributed by atoms with Crippen molar-refractivity contribution in [1.82, 2.24) is 0 Å². The van der Waals surface area contributed by atoms with Crippen LogP contribution in [0.1, 0.15) is 49.9 Å². The van der Waals surface area contributed by atoms with Gasteiger partial charge in [0.1, 0.15) is 11.2 Å². The number of para-hydroxylation sites is 1. The number of rotatable bonds is 4. The maximum Gasteiger partial charge on any atom is 0.144 e. The average molecular weight is 805 g/mol. The van der Waals surface area contributed by atoms with Gasteiger partial charge < -0.3 is 4.42 Å². The predicted molar refractivity (Wildman–Crippen MR) is 266 cm³/mol. The molecule has 0 N–H and O–H groups in total. The van der Waals surface area contributed by atoms with Gasteiger partial charge in [-0.3, -0.25) is 0 Å². The minimum Gasteiger partial charge on any atom is -0.455 e. The molecule has 0 amide bonds. The van der Waals surface area contributed by atoms with Crippen molar-refractivity contribution in [2.45, 2.75) is 38.5 Å². The van der Waals surface area contributed by atoms with Gasteiger partial charge in [0.25, 0.3) is 0 Å². The number of benzene rings is 10. The van der Waals surface area contributed by atoms with Crippen LogP contribution >= 0.6 is 0 Å². The van der Waals surface area contributed by atoms with Crippen LogP contribution < -0.4 is 0 Å². The summed E-state index contributed by atoms with van der Waals surface area (Å²) in [5, 5.41) is 7.43. The van der Waals surface area contributed by atoms with Crippen LogP contribution in [0, 0.1) is 0 Å². The maximum atomic E-state index is 6.96. The third-order valence-electron chi connectivity index (χ3n) is 14.6. The number of hydrogen-bond donors (Lipinski definition) is 0. The molecule has 0 spiro atoms. The lowest BCUT2D eigenvalue weighted by molar-refractivity contribution is 0.600. The largest absolute Gasteiger partial charge is 0.455 e. The molecule has 0 fully saturated rings. The molecule has 0 saturated carbocycles. The van der Waals surface area contributed by atoms with E-state index in [9.17, 15) is 0 Å². The SMILES string of the molecule is CC1(C)c2ccccc2-c2c1c1c(c3c2oc2ccccc23)-c2ccc(-c3c4ccccc4c(-c4cc(-c5ccccc5)cc(-c5ccccc5)c4)c4ccccc34)cc2C1(C)C. The normalized spacial score (nSPS) is 14.3. The number of fused-ring (bicyclic) bond motifs is 14. The first-order valence-corrected chi connectivity index (χ1v) is 22.3. The molecule has 1 aromatic heterocycles. The van der Waals surface area contributed by atoms with Gasteiger partial charge >= 0.3 is 0 Å². The Labute approximate surface area is 367 Å². The quantitative estimate of drug-likeness (QED) is 0.162. The summed E-state index contributed by atoms with van der Waals surface area (Å²) in [6.45, 7) is 9.74. The summed E-state index contributed by atoms with van der Waals surface area (Å²) in [7, 11) is 0. The summed E-state index contributed by atoms with van der Waals surface area (Å²) < 4.78 is 6.96. The molecule has 1 nitrogen and oxygen atoms in total. The summed E-state index contributed by atoms with van der Waals surface area (Å²) in [6.07, 6.45) is 0. The molecule has 0 atom stereocenters. The van der Waals surface area contributed by atoms with Crippen molar-refractivity contribution in [2.75, 3.05) is 0 Å². The van der Waals surface area contributed by atoms with Gasteiger partial charge in [-0.15, -0.1) is 0 Å². The van der Waals surface area contributed by atoms with E-state index in [1.54, 1.807) is 0 Å². The Bertz CT molecular complexity index is 3600. The average Bonchev–Trinajstić information content (AvgIpc) is 3.90. The molecule has 63 heavy (non-hydrogen) atoms. The molecule has 10 aromatic carbocycles. The Morgan fingerprint density at radius 1 is 0.317 bits per heavy atom. The van der Waals surface area contributed by atoms with E-state index in [-0.39, 0.29) is 10.8 Å². The van der Waals surface area contributed by atoms with E-state index in [0.717, 1.165) is 11.2 Å². The summed E-state index contributed by atoms with van der Waals surface area (Å²) >= 11 is 0. The van der Waals surface area contributed by atoms with E-state index in [0.29, 0.717) is 0 Å². The topological polar surface area (TPSA) is 13.1 Å². The van der Waals surface area contributed by atoms with Gasteiger partial charge in [-0.25, -0.2) is 0 Å². The van der Waals surface area contributed by atoms with Gasteiger partial charge in [-0.05, 0) is 135 Å². The Kier molecular flexibility index (Phi) is 7.48. The summed E-state index contributed by atoms with van der Waals surface area (Å²) in [6, 6.07) is 71.8. The van der Waals surface area contributed by atoms with E-state index in [4.69, 9.17) is 4.42 Å². The van der Waals surface area contributed by atoms with Crippen molar-refractivity contribution < 1.29 is 4.42 Å². The molecule has 0 bridgehead atoms. The Balaban J connectivity index is 1.07. The molecular weight excluding hydrogens is 761 g/mol. The van der Waals surface area contributed by atoms with Gasteiger partial charge in [0.15, 0.2) is 0 Å². The van der Waals surface area contributed by atoms with E-state index in [1.165, 1.54) is 121 Å². The highest BCUT2D eigenvalue weighted by Crippen LogP contribution is 2.63. The van der Waals surface area contributed by atoms with E-state index in [1.807, 2.05) is 0 Å². The standard InChI is InChI=1S/C62H44O/c1-61(2)50-29-17-15-27-47(50)57-59(61)58-55(56-49-28-16-18-30-52(49)63-60(56)57)48-32-31-39(36-51(48)62(58,3)4)53-43-23-11-13-25-45(43)54(46-26-14-12-24-44(46)53)42-34-40(37-19-7-5-8-20-37)33-41(35-42)38-21-9-6-10-22-38/h5-36H,1-4H3. The van der Waals surface area contributed by atoms with E-state index >= 15 is 0 Å². The number of hydrogen-bond acceptors (Lipinski definition) is 1. The second kappa shape index (κ2) is 13.0. The van der Waals surface area contributed by atoms with Crippen LogP contribution in [0.4, 0.5) is 0 Å². The Morgan fingerprint density at radius 3 is 1.40 bits per heavy atom. The Hall–Kier alpha value is -7.48. The van der Waals surface area contributed by atoms with Crippen LogP contribution in [0.3, 0.4) is 0 Å². The zero-order valence-electron chi connectivity index (χ0n) is 35.9. The molecule has 0 radical (unpaired) electrons. The van der Waals surface area contributed by atoms with Crippen LogP contribution in [0.2, 0.25) is 0 Å². The molecule has 2 aliphatic rings. The highest BCUT2D eigenvalue weighted by atomic mass is 16.3. The smallest absolute Gasteiger partial charge is 0.144 e. The lowest BCUT2D eigenvalue weighted by atomic mass is 9.72. The molecule has 11 aromatic rings. The lowest BCUT2D eigenvalue weighted by Crippen LogP contribution is -2.24. The lowest BCUT2D eigenvalue weighted by Gasteiger charge is -2.31. The van der Waals surface area contributed by atoms with Crippen molar-refractivity contribution in [2.24, 2.45) is 0 Å². The predicted octanol–water partition coefficient (Wildman–Crippen LogP) is 17.2. The molecule has 1 heterocycles. The molecule has 1 heteroatoms. The first-order chi connectivity index (χ1) is 30.8. The fourth-order valence-corrected chi connectivity index (χ4v) is 11.8. The highest BCUT2D eigenvalue weighted by molar-refractivity contribution is 6.23. The second-order valence-electron chi connectivity index (χ2n) is 18.7. The molecule has 0 saturated heterocycles. The fourth-order valence-electron chi connectivity index (χ4n) is 11.8. The van der Waals surface area contributed by atoms with Crippen molar-refractivity contribution in [3.05, 3.63) is 216 Å². The number of furan rings is 1. The molecule has 2 aliphatic carbocycles. The van der Waals surface area contributed by atoms with Crippen LogP contribution in [-0.4, -0.2) is 0 Å². The van der Waals surface area contributed by atoms with Crippen LogP contribution in [0.15, 0.2) is 199 Å². The van der Waals surface area contributed by atoms with Gasteiger partial charge in [-0.1, -0.05) is 191 Å². The molecule has 0 aliphatic heterocycles. The first-order valence-electron chi connectivity index (χ1n) is 22.3. The third-order valence-corrected chi connectivity index (χ3v) is 14.6. The zero-order chi connectivity index (χ0) is 42.2. The first kappa shape index (κ1) is 36.2. The van der Waals surface area contributed by atoms with Crippen LogP contribution in [-0.2, 0) is 10.8 Å². The van der Waals surface area contributed by atoms with Crippen molar-refractivity contribution in [3.63, 3.8) is 0 Å². The maximum absolute atomic E-state index is 6.96. The molecular formula is C62H44O. The van der Waals surface area contributed by atoms with Crippen molar-refractivity contribution in [3.8, 4) is 66.8 Å². The van der Waals surface area contributed by atoms with Gasteiger partial charge in [-0.2, -0.15) is 0 Å². The minimum absolute atomic E-state index is 0.203.